The summed E-state index contributed by atoms with van der Waals surface area (Å²) in [6.07, 6.45) is 6.35. The highest BCUT2D eigenvalue weighted by Gasteiger charge is 2.31. The monoisotopic (exact) mass is 303 g/mol. The molecule has 1 unspecified atom stereocenters. The van der Waals surface area contributed by atoms with Crippen molar-refractivity contribution >= 4 is 10.2 Å². The van der Waals surface area contributed by atoms with Gasteiger partial charge in [-0.25, -0.2) is 0 Å². The SMILES string of the molecule is CCC(CC1CC1)NS(=O)(=O)N1CCC(CNC)CC1. The predicted octanol–water partition coefficient (Wildman–Crippen LogP) is 1.33. The predicted molar refractivity (Wildman–Crippen MR) is 81.7 cm³/mol. The molecule has 0 radical (unpaired) electrons. The molecule has 1 aliphatic heterocycles. The molecule has 0 spiro atoms. The average molecular weight is 303 g/mol. The van der Waals surface area contributed by atoms with E-state index >= 15 is 0 Å². The standard InChI is InChI=1S/C14H29N3O2S/c1-3-14(10-12-4-5-12)16-20(18,19)17-8-6-13(7-9-17)11-15-2/h12-16H,3-11H2,1-2H3. The van der Waals surface area contributed by atoms with Crippen LogP contribution in [0.3, 0.4) is 0 Å². The highest BCUT2D eigenvalue weighted by Crippen LogP contribution is 2.34. The molecule has 0 aromatic carbocycles. The average Bonchev–Trinajstić information content (AvgIpc) is 3.23. The number of nitrogens with zero attached hydrogens (tertiary/aromatic N) is 1. The topological polar surface area (TPSA) is 61.4 Å². The molecule has 0 bridgehead atoms. The van der Waals surface area contributed by atoms with Gasteiger partial charge >= 0.3 is 0 Å². The largest absolute Gasteiger partial charge is 0.319 e. The summed E-state index contributed by atoms with van der Waals surface area (Å²) in [5.74, 6) is 1.36. The summed E-state index contributed by atoms with van der Waals surface area (Å²) in [5, 5.41) is 3.18. The molecule has 1 heterocycles. The van der Waals surface area contributed by atoms with Crippen molar-refractivity contribution in [3.05, 3.63) is 0 Å². The molecular weight excluding hydrogens is 274 g/mol. The van der Waals surface area contributed by atoms with Gasteiger partial charge in [-0.1, -0.05) is 19.8 Å². The first-order valence-electron chi connectivity index (χ1n) is 7.97. The maximum Gasteiger partial charge on any atom is 0.279 e. The Morgan fingerprint density at radius 2 is 1.80 bits per heavy atom. The molecule has 118 valence electrons. The lowest BCUT2D eigenvalue weighted by atomic mass is 9.98. The van der Waals surface area contributed by atoms with Crippen LogP contribution in [0.25, 0.3) is 0 Å². The molecule has 2 fully saturated rings. The first-order valence-corrected chi connectivity index (χ1v) is 9.41. The number of hydrogen-bond acceptors (Lipinski definition) is 3. The fraction of sp³-hybridized carbons (Fsp3) is 1.00. The lowest BCUT2D eigenvalue weighted by Gasteiger charge is -2.32. The van der Waals surface area contributed by atoms with E-state index in [4.69, 9.17) is 0 Å². The van der Waals surface area contributed by atoms with Gasteiger partial charge in [0.15, 0.2) is 0 Å². The third-order valence-corrected chi connectivity index (χ3v) is 6.21. The van der Waals surface area contributed by atoms with Gasteiger partial charge in [-0.05, 0) is 51.1 Å². The normalized spacial score (nSPS) is 23.9. The zero-order chi connectivity index (χ0) is 14.6. The maximum absolute atomic E-state index is 12.4. The third-order valence-electron chi connectivity index (χ3n) is 4.53. The number of nitrogens with one attached hydrogen (secondary N) is 2. The summed E-state index contributed by atoms with van der Waals surface area (Å²) in [6.45, 7) is 4.36. The summed E-state index contributed by atoms with van der Waals surface area (Å²) < 4.78 is 29.4. The van der Waals surface area contributed by atoms with Crippen molar-refractivity contribution in [2.45, 2.75) is 51.5 Å². The lowest BCUT2D eigenvalue weighted by molar-refractivity contribution is 0.266. The van der Waals surface area contributed by atoms with Gasteiger partial charge in [0.25, 0.3) is 10.2 Å². The van der Waals surface area contributed by atoms with Crippen LogP contribution in [0.15, 0.2) is 0 Å². The molecule has 0 aromatic rings. The Labute approximate surface area is 123 Å². The van der Waals surface area contributed by atoms with Gasteiger partial charge < -0.3 is 5.32 Å². The van der Waals surface area contributed by atoms with Crippen LogP contribution in [0, 0.1) is 11.8 Å². The second kappa shape index (κ2) is 7.20. The summed E-state index contributed by atoms with van der Waals surface area (Å²) in [6, 6.07) is 0.113. The van der Waals surface area contributed by atoms with Crippen molar-refractivity contribution in [3.8, 4) is 0 Å². The first kappa shape index (κ1) is 16.2. The fourth-order valence-corrected chi connectivity index (χ4v) is 4.51. The second-order valence-electron chi connectivity index (χ2n) is 6.31. The van der Waals surface area contributed by atoms with E-state index in [1.165, 1.54) is 12.8 Å². The zero-order valence-corrected chi connectivity index (χ0v) is 13.6. The Morgan fingerprint density at radius 1 is 1.15 bits per heavy atom. The van der Waals surface area contributed by atoms with Crippen molar-refractivity contribution in [2.75, 3.05) is 26.7 Å². The van der Waals surface area contributed by atoms with Crippen molar-refractivity contribution in [3.63, 3.8) is 0 Å². The van der Waals surface area contributed by atoms with E-state index in [0.29, 0.717) is 19.0 Å². The van der Waals surface area contributed by atoms with Gasteiger partial charge in [0.2, 0.25) is 0 Å². The summed E-state index contributed by atoms with van der Waals surface area (Å²) in [4.78, 5) is 0. The minimum atomic E-state index is -3.29. The smallest absolute Gasteiger partial charge is 0.279 e. The number of piperidine rings is 1. The van der Waals surface area contributed by atoms with Crippen LogP contribution in [0.1, 0.15) is 45.4 Å². The van der Waals surface area contributed by atoms with Crippen LogP contribution in [-0.2, 0) is 10.2 Å². The molecule has 1 aliphatic carbocycles. The minimum Gasteiger partial charge on any atom is -0.319 e. The Bertz CT molecular complexity index is 387. The molecule has 2 N–H and O–H groups in total. The lowest BCUT2D eigenvalue weighted by Crippen LogP contribution is -2.48. The summed E-state index contributed by atoms with van der Waals surface area (Å²) in [7, 11) is -1.34. The van der Waals surface area contributed by atoms with Gasteiger partial charge in [0.1, 0.15) is 0 Å². The highest BCUT2D eigenvalue weighted by atomic mass is 32.2. The minimum absolute atomic E-state index is 0.113. The van der Waals surface area contributed by atoms with Gasteiger partial charge in [-0.2, -0.15) is 17.4 Å². The fourth-order valence-electron chi connectivity index (χ4n) is 2.98. The van der Waals surface area contributed by atoms with Gasteiger partial charge in [-0.3, -0.25) is 0 Å². The van der Waals surface area contributed by atoms with E-state index in [-0.39, 0.29) is 6.04 Å². The molecule has 1 saturated carbocycles. The summed E-state index contributed by atoms with van der Waals surface area (Å²) >= 11 is 0. The van der Waals surface area contributed by atoms with Crippen molar-refractivity contribution in [2.24, 2.45) is 11.8 Å². The molecule has 6 heteroatoms. The van der Waals surface area contributed by atoms with Crippen molar-refractivity contribution in [1.82, 2.24) is 14.3 Å². The maximum atomic E-state index is 12.4. The first-order chi connectivity index (χ1) is 9.55. The van der Waals surface area contributed by atoms with E-state index in [1.54, 1.807) is 4.31 Å². The van der Waals surface area contributed by atoms with Gasteiger partial charge in [-0.15, -0.1) is 0 Å². The number of hydrogen-bond donors (Lipinski definition) is 2. The molecule has 5 nitrogen and oxygen atoms in total. The van der Waals surface area contributed by atoms with Gasteiger partial charge in [0, 0.05) is 19.1 Å². The molecular formula is C14H29N3O2S. The van der Waals surface area contributed by atoms with Gasteiger partial charge in [0.05, 0.1) is 0 Å². The van der Waals surface area contributed by atoms with E-state index in [0.717, 1.165) is 38.1 Å². The Hall–Kier alpha value is -0.170. The molecule has 0 amide bonds. The molecule has 0 aromatic heterocycles. The van der Waals surface area contributed by atoms with Crippen LogP contribution >= 0.6 is 0 Å². The van der Waals surface area contributed by atoms with E-state index < -0.39 is 10.2 Å². The van der Waals surface area contributed by atoms with E-state index in [1.807, 2.05) is 7.05 Å². The van der Waals surface area contributed by atoms with Crippen LogP contribution < -0.4 is 10.0 Å². The molecule has 2 aliphatic rings. The Balaban J connectivity index is 1.83. The van der Waals surface area contributed by atoms with Crippen molar-refractivity contribution < 1.29 is 8.42 Å². The van der Waals surface area contributed by atoms with Crippen LogP contribution in [0.4, 0.5) is 0 Å². The second-order valence-corrected chi connectivity index (χ2v) is 8.01. The Morgan fingerprint density at radius 3 is 2.30 bits per heavy atom. The molecule has 1 atom stereocenters. The van der Waals surface area contributed by atoms with Crippen molar-refractivity contribution in [1.29, 1.82) is 0 Å². The van der Waals surface area contributed by atoms with E-state index in [2.05, 4.69) is 17.0 Å². The van der Waals surface area contributed by atoms with Crippen LogP contribution in [-0.4, -0.2) is 45.4 Å². The molecule has 20 heavy (non-hydrogen) atoms. The zero-order valence-electron chi connectivity index (χ0n) is 12.8. The van der Waals surface area contributed by atoms with Crippen LogP contribution in [0.5, 0.6) is 0 Å². The third kappa shape index (κ3) is 4.69. The highest BCUT2D eigenvalue weighted by molar-refractivity contribution is 7.87. The Kier molecular flexibility index (Phi) is 5.84. The number of rotatable bonds is 8. The summed E-state index contributed by atoms with van der Waals surface area (Å²) in [5.41, 5.74) is 0. The quantitative estimate of drug-likeness (QED) is 0.711. The molecule has 2 rings (SSSR count). The van der Waals surface area contributed by atoms with E-state index in [9.17, 15) is 8.42 Å². The van der Waals surface area contributed by atoms with Crippen LogP contribution in [0.2, 0.25) is 0 Å². The molecule has 1 saturated heterocycles.